The molecule has 1 rings (SSSR count). The van der Waals surface area contributed by atoms with Gasteiger partial charge in [0.15, 0.2) is 5.78 Å². The van der Waals surface area contributed by atoms with E-state index in [0.29, 0.717) is 6.42 Å². The zero-order valence-electron chi connectivity index (χ0n) is 8.78. The van der Waals surface area contributed by atoms with E-state index in [1.54, 1.807) is 6.21 Å². The molecule has 0 radical (unpaired) electrons. The predicted octanol–water partition coefficient (Wildman–Crippen LogP) is 3.19. The van der Waals surface area contributed by atoms with Crippen LogP contribution < -0.4 is 0 Å². The second-order valence-electron chi connectivity index (χ2n) is 4.09. The fourth-order valence-corrected chi connectivity index (χ4v) is 1.62. The molecule has 14 heavy (non-hydrogen) atoms. The van der Waals surface area contributed by atoms with Crippen molar-refractivity contribution in [1.82, 2.24) is 0 Å². The molecule has 0 fully saturated rings. The first-order chi connectivity index (χ1) is 6.49. The lowest BCUT2D eigenvalue weighted by Crippen LogP contribution is -2.10. The first-order valence-electron chi connectivity index (χ1n) is 4.59. The maximum Gasteiger partial charge on any atom is 0.178 e. The molecular formula is C11H15NOS. The van der Waals surface area contributed by atoms with Crippen molar-refractivity contribution in [2.24, 2.45) is 4.99 Å². The minimum absolute atomic E-state index is 0.0876. The van der Waals surface area contributed by atoms with Crippen molar-refractivity contribution < 1.29 is 4.79 Å². The van der Waals surface area contributed by atoms with Gasteiger partial charge in [0.1, 0.15) is 0 Å². The first kappa shape index (κ1) is 11.1. The van der Waals surface area contributed by atoms with Crippen LogP contribution in [0.15, 0.2) is 22.5 Å². The number of hydrogen-bond donors (Lipinski definition) is 0. The Hall–Kier alpha value is -0.960. The second-order valence-corrected chi connectivity index (χ2v) is 5.03. The highest BCUT2D eigenvalue weighted by Crippen LogP contribution is 2.11. The first-order valence-corrected chi connectivity index (χ1v) is 5.47. The van der Waals surface area contributed by atoms with Crippen LogP contribution in [0.5, 0.6) is 0 Å². The molecule has 1 heterocycles. The SMILES string of the molecule is CC(C)(C)N=CCC(=O)c1cccs1. The third-order valence-corrected chi connectivity index (χ3v) is 2.46. The summed E-state index contributed by atoms with van der Waals surface area (Å²) in [4.78, 5) is 16.6. The highest BCUT2D eigenvalue weighted by molar-refractivity contribution is 7.12. The summed E-state index contributed by atoms with van der Waals surface area (Å²) >= 11 is 1.48. The molecule has 0 saturated carbocycles. The number of Topliss-reactive ketones (excluding diaryl/α,β-unsaturated/α-hetero) is 1. The summed E-state index contributed by atoms with van der Waals surface area (Å²) in [6.45, 7) is 6.04. The molecule has 1 aromatic rings. The fourth-order valence-electron chi connectivity index (χ4n) is 0.940. The number of ketones is 1. The predicted molar refractivity (Wildman–Crippen MR) is 61.5 cm³/mol. The lowest BCUT2D eigenvalue weighted by Gasteiger charge is -2.10. The van der Waals surface area contributed by atoms with Gasteiger partial charge in [-0.15, -0.1) is 11.3 Å². The van der Waals surface area contributed by atoms with Gasteiger partial charge >= 0.3 is 0 Å². The van der Waals surface area contributed by atoms with Crippen molar-refractivity contribution in [3.05, 3.63) is 22.4 Å². The van der Waals surface area contributed by atoms with Gasteiger partial charge in [0.05, 0.1) is 10.4 Å². The van der Waals surface area contributed by atoms with Gasteiger partial charge in [0.25, 0.3) is 0 Å². The van der Waals surface area contributed by atoms with Crippen molar-refractivity contribution in [3.8, 4) is 0 Å². The maximum atomic E-state index is 11.5. The van der Waals surface area contributed by atoms with E-state index in [2.05, 4.69) is 4.99 Å². The van der Waals surface area contributed by atoms with E-state index in [4.69, 9.17) is 0 Å². The average Bonchev–Trinajstić information content (AvgIpc) is 2.53. The van der Waals surface area contributed by atoms with Crippen molar-refractivity contribution >= 4 is 23.3 Å². The van der Waals surface area contributed by atoms with Crippen LogP contribution in [-0.4, -0.2) is 17.5 Å². The Labute approximate surface area is 88.7 Å². The molecule has 0 unspecified atom stereocenters. The average molecular weight is 209 g/mol. The molecular weight excluding hydrogens is 194 g/mol. The van der Waals surface area contributed by atoms with Gasteiger partial charge in [-0.25, -0.2) is 0 Å². The Bertz CT molecular complexity index is 320. The van der Waals surface area contributed by atoms with E-state index in [-0.39, 0.29) is 11.3 Å². The molecule has 3 heteroatoms. The van der Waals surface area contributed by atoms with Gasteiger partial charge in [-0.2, -0.15) is 0 Å². The highest BCUT2D eigenvalue weighted by atomic mass is 32.1. The molecule has 0 N–H and O–H groups in total. The van der Waals surface area contributed by atoms with Crippen LogP contribution in [0, 0.1) is 0 Å². The summed E-state index contributed by atoms with van der Waals surface area (Å²) in [5.41, 5.74) is -0.0876. The van der Waals surface area contributed by atoms with Crippen molar-refractivity contribution in [2.75, 3.05) is 0 Å². The Kier molecular flexibility index (Phi) is 3.58. The molecule has 0 bridgehead atoms. The number of thiophene rings is 1. The van der Waals surface area contributed by atoms with Crippen LogP contribution in [-0.2, 0) is 0 Å². The van der Waals surface area contributed by atoms with Crippen LogP contribution in [0.1, 0.15) is 36.9 Å². The van der Waals surface area contributed by atoms with E-state index in [0.717, 1.165) is 4.88 Å². The number of nitrogens with zero attached hydrogens (tertiary/aromatic N) is 1. The fraction of sp³-hybridized carbons (Fsp3) is 0.455. The van der Waals surface area contributed by atoms with E-state index >= 15 is 0 Å². The minimum Gasteiger partial charge on any atom is -0.293 e. The quantitative estimate of drug-likeness (QED) is 0.555. The topological polar surface area (TPSA) is 29.4 Å². The number of carbonyl (C=O) groups is 1. The lowest BCUT2D eigenvalue weighted by molar-refractivity contribution is 0.101. The summed E-state index contributed by atoms with van der Waals surface area (Å²) in [6, 6.07) is 3.73. The van der Waals surface area contributed by atoms with Gasteiger partial charge in [-0.3, -0.25) is 9.79 Å². The highest BCUT2D eigenvalue weighted by Gasteiger charge is 2.07. The zero-order chi connectivity index (χ0) is 10.6. The second kappa shape index (κ2) is 4.51. The lowest BCUT2D eigenvalue weighted by atomic mass is 10.1. The Balaban J connectivity index is 2.48. The molecule has 76 valence electrons. The Morgan fingerprint density at radius 3 is 2.79 bits per heavy atom. The van der Waals surface area contributed by atoms with Crippen molar-refractivity contribution in [3.63, 3.8) is 0 Å². The molecule has 2 nitrogen and oxygen atoms in total. The van der Waals surface area contributed by atoms with Gasteiger partial charge in [-0.05, 0) is 32.2 Å². The summed E-state index contributed by atoms with van der Waals surface area (Å²) in [5.74, 6) is 0.146. The van der Waals surface area contributed by atoms with E-state index in [9.17, 15) is 4.79 Å². The number of hydrogen-bond acceptors (Lipinski definition) is 3. The molecule has 0 aliphatic heterocycles. The number of carbonyl (C=O) groups excluding carboxylic acids is 1. The zero-order valence-corrected chi connectivity index (χ0v) is 9.60. The molecule has 0 aliphatic rings. The molecule has 0 spiro atoms. The van der Waals surface area contributed by atoms with Crippen LogP contribution >= 0.6 is 11.3 Å². The van der Waals surface area contributed by atoms with E-state index in [1.165, 1.54) is 11.3 Å². The Morgan fingerprint density at radius 2 is 2.29 bits per heavy atom. The third-order valence-electron chi connectivity index (χ3n) is 1.55. The summed E-state index contributed by atoms with van der Waals surface area (Å²) in [7, 11) is 0. The molecule has 0 aliphatic carbocycles. The van der Waals surface area contributed by atoms with E-state index in [1.807, 2.05) is 38.3 Å². The smallest absolute Gasteiger partial charge is 0.178 e. The number of aliphatic imine (C=N–C) groups is 1. The van der Waals surface area contributed by atoms with Crippen molar-refractivity contribution in [1.29, 1.82) is 0 Å². The standard InChI is InChI=1S/C11H15NOS/c1-11(2,3)12-7-6-9(13)10-5-4-8-14-10/h4-5,7-8H,6H2,1-3H3. The molecule has 0 saturated heterocycles. The van der Waals surface area contributed by atoms with Gasteiger partial charge in [-0.1, -0.05) is 6.07 Å². The molecule has 0 atom stereocenters. The van der Waals surface area contributed by atoms with Crippen LogP contribution in [0.25, 0.3) is 0 Å². The summed E-state index contributed by atoms with van der Waals surface area (Å²) in [5, 5.41) is 1.91. The van der Waals surface area contributed by atoms with Gasteiger partial charge in [0.2, 0.25) is 0 Å². The van der Waals surface area contributed by atoms with Crippen molar-refractivity contribution in [2.45, 2.75) is 32.7 Å². The Morgan fingerprint density at radius 1 is 1.57 bits per heavy atom. The van der Waals surface area contributed by atoms with Crippen LogP contribution in [0.3, 0.4) is 0 Å². The molecule has 0 aromatic carbocycles. The maximum absolute atomic E-state index is 11.5. The van der Waals surface area contributed by atoms with Crippen LogP contribution in [0.2, 0.25) is 0 Å². The third kappa shape index (κ3) is 3.83. The normalized spacial score (nSPS) is 12.2. The summed E-state index contributed by atoms with van der Waals surface area (Å²) in [6.07, 6.45) is 2.11. The number of rotatable bonds is 3. The largest absolute Gasteiger partial charge is 0.293 e. The summed E-state index contributed by atoms with van der Waals surface area (Å²) < 4.78 is 0. The molecule has 1 aromatic heterocycles. The van der Waals surface area contributed by atoms with Gasteiger partial charge < -0.3 is 0 Å². The van der Waals surface area contributed by atoms with Crippen LogP contribution in [0.4, 0.5) is 0 Å². The van der Waals surface area contributed by atoms with E-state index < -0.39 is 0 Å². The monoisotopic (exact) mass is 209 g/mol. The minimum atomic E-state index is -0.0876. The molecule has 0 amide bonds. The van der Waals surface area contributed by atoms with Gasteiger partial charge in [0, 0.05) is 12.6 Å².